The maximum atomic E-state index is 13.9. The summed E-state index contributed by atoms with van der Waals surface area (Å²) in [6.07, 6.45) is 1.69. The largest absolute Gasteiger partial charge is 0.493 e. The zero-order chi connectivity index (χ0) is 29.1. The van der Waals surface area contributed by atoms with E-state index in [2.05, 4.69) is 4.99 Å². The molecule has 40 heavy (non-hydrogen) atoms. The van der Waals surface area contributed by atoms with Gasteiger partial charge in [0.2, 0.25) is 5.75 Å². The molecule has 2 heterocycles. The second kappa shape index (κ2) is 11.7. The molecule has 0 radical (unpaired) electrons. The summed E-state index contributed by atoms with van der Waals surface area (Å²) in [5.41, 5.74) is 1.38. The fourth-order valence-electron chi connectivity index (χ4n) is 4.44. The molecule has 11 nitrogen and oxygen atoms in total. The summed E-state index contributed by atoms with van der Waals surface area (Å²) in [7, 11) is 7.21. The van der Waals surface area contributed by atoms with Crippen LogP contribution in [-0.4, -0.2) is 52.1 Å². The Bertz CT molecular complexity index is 1680. The predicted molar refractivity (Wildman–Crippen MR) is 146 cm³/mol. The number of nitrogens with zero attached hydrogens (tertiary/aromatic N) is 2. The van der Waals surface area contributed by atoms with Gasteiger partial charge in [-0.1, -0.05) is 17.4 Å². The van der Waals surface area contributed by atoms with E-state index in [9.17, 15) is 14.4 Å². The Kier molecular flexibility index (Phi) is 8.29. The van der Waals surface area contributed by atoms with Crippen molar-refractivity contribution < 1.29 is 38.0 Å². The van der Waals surface area contributed by atoms with Gasteiger partial charge in [0.1, 0.15) is 0 Å². The molecule has 3 aromatic rings. The van der Waals surface area contributed by atoms with Crippen molar-refractivity contribution >= 4 is 29.4 Å². The maximum absolute atomic E-state index is 13.9. The third-order valence-corrected chi connectivity index (χ3v) is 7.15. The Morgan fingerprint density at radius 2 is 1.57 bits per heavy atom. The lowest BCUT2D eigenvalue weighted by Crippen LogP contribution is -2.39. The van der Waals surface area contributed by atoms with Crippen LogP contribution in [0.3, 0.4) is 0 Å². The van der Waals surface area contributed by atoms with E-state index in [1.54, 1.807) is 43.3 Å². The monoisotopic (exact) mass is 568 g/mol. The van der Waals surface area contributed by atoms with Crippen LogP contribution < -0.4 is 38.6 Å². The average Bonchev–Trinajstić information content (AvgIpc) is 3.24. The minimum Gasteiger partial charge on any atom is -0.493 e. The lowest BCUT2D eigenvalue weighted by molar-refractivity contribution is -0.136. The Morgan fingerprint density at radius 3 is 2.12 bits per heavy atom. The van der Waals surface area contributed by atoms with Crippen molar-refractivity contribution in [2.75, 3.05) is 35.5 Å². The van der Waals surface area contributed by atoms with Gasteiger partial charge in [-0.15, -0.1) is 0 Å². The minimum atomic E-state index is -0.883. The first-order valence-corrected chi connectivity index (χ1v) is 12.8. The van der Waals surface area contributed by atoms with Crippen molar-refractivity contribution in [2.24, 2.45) is 4.99 Å². The Morgan fingerprint density at radius 1 is 0.925 bits per heavy atom. The molecule has 210 valence electrons. The first-order valence-electron chi connectivity index (χ1n) is 11.9. The highest BCUT2D eigenvalue weighted by atomic mass is 32.1. The van der Waals surface area contributed by atoms with Gasteiger partial charge in [0.25, 0.3) is 5.56 Å². The molecule has 4 rings (SSSR count). The van der Waals surface area contributed by atoms with E-state index < -0.39 is 18.0 Å². The van der Waals surface area contributed by atoms with Gasteiger partial charge in [-0.2, -0.15) is 0 Å². The fraction of sp³-hybridized carbons (Fsp3) is 0.286. The van der Waals surface area contributed by atoms with Gasteiger partial charge in [0.15, 0.2) is 27.8 Å². The molecule has 12 heteroatoms. The molecule has 0 saturated heterocycles. The number of rotatable bonds is 8. The number of ether oxygens (including phenoxy) is 6. The van der Waals surface area contributed by atoms with Gasteiger partial charge < -0.3 is 28.4 Å². The molecule has 0 fully saturated rings. The minimum absolute atomic E-state index is 0.191. The van der Waals surface area contributed by atoms with Crippen molar-refractivity contribution in [2.45, 2.75) is 19.9 Å². The van der Waals surface area contributed by atoms with Crippen LogP contribution in [0.5, 0.6) is 28.7 Å². The summed E-state index contributed by atoms with van der Waals surface area (Å²) in [4.78, 5) is 43.3. The molecule has 0 bridgehead atoms. The Hall–Kier alpha value is -4.58. The van der Waals surface area contributed by atoms with Crippen LogP contribution in [0, 0.1) is 0 Å². The highest BCUT2D eigenvalue weighted by molar-refractivity contribution is 7.07. The highest BCUT2D eigenvalue weighted by Crippen LogP contribution is 2.39. The third kappa shape index (κ3) is 5.17. The molecular formula is C28H28N2O9S. The molecule has 1 atom stereocenters. The van der Waals surface area contributed by atoms with E-state index in [0.29, 0.717) is 43.4 Å². The van der Waals surface area contributed by atoms with Gasteiger partial charge in [0, 0.05) is 6.92 Å². The van der Waals surface area contributed by atoms with Gasteiger partial charge in [-0.3, -0.25) is 14.2 Å². The first kappa shape index (κ1) is 28.4. The van der Waals surface area contributed by atoms with E-state index in [0.717, 1.165) is 0 Å². The standard InChI is InChI=1S/C28H28N2O9S/c1-14-23(27(33)38-7)24(17-8-9-18(39-15(2)31)19(13-17)34-3)30-26(32)22(40-28(30)29-14)12-16-10-20(35-4)25(37-6)21(11-16)36-5/h8-13,24H,1-7H3. The number of thiazole rings is 1. The van der Waals surface area contributed by atoms with Crippen molar-refractivity contribution in [1.29, 1.82) is 0 Å². The van der Waals surface area contributed by atoms with E-state index in [1.165, 1.54) is 58.4 Å². The Labute approximate surface area is 233 Å². The van der Waals surface area contributed by atoms with Gasteiger partial charge in [0.05, 0.1) is 57.4 Å². The maximum Gasteiger partial charge on any atom is 0.338 e. The van der Waals surface area contributed by atoms with Crippen LogP contribution in [0.4, 0.5) is 0 Å². The number of hydrogen-bond acceptors (Lipinski definition) is 11. The fourth-order valence-corrected chi connectivity index (χ4v) is 5.48. The normalized spacial score (nSPS) is 14.7. The van der Waals surface area contributed by atoms with Crippen LogP contribution >= 0.6 is 11.3 Å². The summed E-state index contributed by atoms with van der Waals surface area (Å²) in [6, 6.07) is 7.38. The van der Waals surface area contributed by atoms with E-state index in [1.807, 2.05) is 0 Å². The number of esters is 2. The lowest BCUT2D eigenvalue weighted by Gasteiger charge is -2.25. The molecule has 0 saturated carbocycles. The first-order chi connectivity index (χ1) is 19.2. The quantitative estimate of drug-likeness (QED) is 0.298. The van der Waals surface area contributed by atoms with Gasteiger partial charge in [-0.05, 0) is 48.4 Å². The zero-order valence-corrected chi connectivity index (χ0v) is 23.8. The van der Waals surface area contributed by atoms with E-state index >= 15 is 0 Å². The van der Waals surface area contributed by atoms with Crippen LogP contribution in [-0.2, 0) is 14.3 Å². The SMILES string of the molecule is COC(=O)C1=C(C)N=c2sc(=Cc3cc(OC)c(OC)c(OC)c3)c(=O)n2C1c1ccc(OC(C)=O)c(OC)c1. The predicted octanol–water partition coefficient (Wildman–Crippen LogP) is 2.37. The summed E-state index contributed by atoms with van der Waals surface area (Å²) in [6.45, 7) is 2.96. The van der Waals surface area contributed by atoms with Crippen LogP contribution in [0.15, 0.2) is 51.4 Å². The van der Waals surface area contributed by atoms with Crippen molar-refractivity contribution in [3.8, 4) is 28.7 Å². The van der Waals surface area contributed by atoms with Crippen molar-refractivity contribution in [1.82, 2.24) is 4.57 Å². The zero-order valence-electron chi connectivity index (χ0n) is 23.0. The molecule has 1 aliphatic rings. The molecule has 0 aliphatic carbocycles. The molecule has 0 spiro atoms. The van der Waals surface area contributed by atoms with Crippen molar-refractivity contribution in [3.05, 3.63) is 72.4 Å². The van der Waals surface area contributed by atoms with E-state index in [4.69, 9.17) is 28.4 Å². The second-order valence-electron chi connectivity index (χ2n) is 8.54. The van der Waals surface area contributed by atoms with Crippen LogP contribution in [0.1, 0.15) is 31.0 Å². The number of aromatic nitrogens is 1. The van der Waals surface area contributed by atoms with Crippen LogP contribution in [0.25, 0.3) is 6.08 Å². The van der Waals surface area contributed by atoms with Crippen molar-refractivity contribution in [3.63, 3.8) is 0 Å². The summed E-state index contributed by atoms with van der Waals surface area (Å²) in [5, 5.41) is 0. The Balaban J connectivity index is 1.96. The molecule has 1 aromatic heterocycles. The van der Waals surface area contributed by atoms with Gasteiger partial charge in [-0.25, -0.2) is 9.79 Å². The lowest BCUT2D eigenvalue weighted by atomic mass is 9.95. The molecule has 1 unspecified atom stereocenters. The topological polar surface area (TPSA) is 124 Å². The third-order valence-electron chi connectivity index (χ3n) is 6.17. The number of allylic oxidation sites excluding steroid dienone is 1. The molecule has 0 amide bonds. The number of carbonyl (C=O) groups is 2. The van der Waals surface area contributed by atoms with Crippen LogP contribution in [0.2, 0.25) is 0 Å². The summed E-state index contributed by atoms with van der Waals surface area (Å²) >= 11 is 1.17. The second-order valence-corrected chi connectivity index (χ2v) is 9.55. The molecule has 1 aliphatic heterocycles. The number of benzene rings is 2. The highest BCUT2D eigenvalue weighted by Gasteiger charge is 2.33. The summed E-state index contributed by atoms with van der Waals surface area (Å²) < 4.78 is 33.8. The smallest absolute Gasteiger partial charge is 0.338 e. The average molecular weight is 569 g/mol. The number of hydrogen-bond donors (Lipinski definition) is 0. The number of fused-ring (bicyclic) bond motifs is 1. The molecular weight excluding hydrogens is 540 g/mol. The number of carbonyl (C=O) groups excluding carboxylic acids is 2. The van der Waals surface area contributed by atoms with Gasteiger partial charge >= 0.3 is 11.9 Å². The van der Waals surface area contributed by atoms with E-state index in [-0.39, 0.29) is 22.6 Å². The molecule has 0 N–H and O–H groups in total. The number of methoxy groups -OCH3 is 5. The molecule has 2 aromatic carbocycles. The summed E-state index contributed by atoms with van der Waals surface area (Å²) in [5.74, 6) is 0.600.